The molecule has 0 aliphatic carbocycles. The first kappa shape index (κ1) is 21.4. The topological polar surface area (TPSA) is 96.3 Å². The number of benzene rings is 1. The Bertz CT molecular complexity index is 1250. The van der Waals surface area contributed by atoms with Gasteiger partial charge >= 0.3 is 6.09 Å². The number of nitrogens with zero attached hydrogens (tertiary/aromatic N) is 5. The number of aromatic nitrogens is 3. The van der Waals surface area contributed by atoms with Gasteiger partial charge in [-0.1, -0.05) is 23.5 Å². The molecular weight excluding hydrogens is 449 g/mol. The van der Waals surface area contributed by atoms with Gasteiger partial charge in [-0.15, -0.1) is 5.10 Å². The first-order valence-electron chi connectivity index (χ1n) is 10.6. The number of carbonyl (C=O) groups is 1. The Kier molecular flexibility index (Phi) is 5.73. The average Bonchev–Trinajstić information content (AvgIpc) is 3.55. The van der Waals surface area contributed by atoms with Gasteiger partial charge in [0.15, 0.2) is 5.76 Å². The molecule has 1 unspecified atom stereocenters. The summed E-state index contributed by atoms with van der Waals surface area (Å²) in [7, 11) is 0. The van der Waals surface area contributed by atoms with Crippen LogP contribution in [0.2, 0.25) is 0 Å². The van der Waals surface area contributed by atoms with Crippen LogP contribution in [0.1, 0.15) is 23.4 Å². The number of furan rings is 1. The predicted molar refractivity (Wildman–Crippen MR) is 119 cm³/mol. The average molecular weight is 472 g/mol. The molecule has 0 radical (unpaired) electrons. The van der Waals surface area contributed by atoms with E-state index in [9.17, 15) is 14.3 Å². The monoisotopic (exact) mass is 471 g/mol. The summed E-state index contributed by atoms with van der Waals surface area (Å²) in [6.07, 6.45) is 1.21. The lowest BCUT2D eigenvalue weighted by atomic mass is 10.0. The van der Waals surface area contributed by atoms with Crippen LogP contribution in [0.25, 0.3) is 16.5 Å². The number of amides is 1. The minimum Gasteiger partial charge on any atom is -0.492 e. The van der Waals surface area contributed by atoms with E-state index in [2.05, 4.69) is 15.0 Å². The van der Waals surface area contributed by atoms with Crippen LogP contribution >= 0.6 is 11.3 Å². The number of halogens is 1. The SMILES string of the molecule is CCOC(=O)N1CCN(C(c2ccc(F)cc2)c2sc3nc(-c4ccco4)nn3c2O)CC1. The molecule has 4 heterocycles. The molecule has 1 aliphatic heterocycles. The van der Waals surface area contributed by atoms with Gasteiger partial charge in [0.1, 0.15) is 5.82 Å². The molecule has 33 heavy (non-hydrogen) atoms. The van der Waals surface area contributed by atoms with Crippen LogP contribution in [-0.2, 0) is 4.74 Å². The van der Waals surface area contributed by atoms with E-state index in [-0.39, 0.29) is 23.8 Å². The largest absolute Gasteiger partial charge is 0.492 e. The van der Waals surface area contributed by atoms with Crippen molar-refractivity contribution in [2.75, 3.05) is 32.8 Å². The van der Waals surface area contributed by atoms with Crippen LogP contribution in [0.3, 0.4) is 0 Å². The standard InChI is InChI=1S/C22H22FN5O4S/c1-2-31-22(30)27-11-9-26(10-12-27)17(14-5-7-15(23)8-6-14)18-20(29)28-21(33-18)24-19(25-28)16-4-3-13-32-16/h3-8,13,17,29H,2,9-12H2,1H3. The number of aromatic hydroxyl groups is 1. The summed E-state index contributed by atoms with van der Waals surface area (Å²) in [6, 6.07) is 9.37. The van der Waals surface area contributed by atoms with E-state index in [1.54, 1.807) is 36.1 Å². The Balaban J connectivity index is 1.48. The van der Waals surface area contributed by atoms with Crippen molar-refractivity contribution in [2.45, 2.75) is 13.0 Å². The lowest BCUT2D eigenvalue weighted by Gasteiger charge is -2.38. The molecule has 1 aromatic carbocycles. The lowest BCUT2D eigenvalue weighted by Crippen LogP contribution is -2.49. The maximum atomic E-state index is 13.6. The smallest absolute Gasteiger partial charge is 0.409 e. The molecule has 1 amide bonds. The number of hydrogen-bond acceptors (Lipinski definition) is 8. The Morgan fingerprint density at radius 2 is 2.00 bits per heavy atom. The molecule has 0 spiro atoms. The first-order valence-corrected chi connectivity index (χ1v) is 11.4. The van der Waals surface area contributed by atoms with Crippen LogP contribution in [0, 0.1) is 5.82 Å². The Labute approximate surface area is 192 Å². The molecule has 4 aromatic rings. The fourth-order valence-electron chi connectivity index (χ4n) is 3.99. The minimum atomic E-state index is -0.351. The van der Waals surface area contributed by atoms with Gasteiger partial charge in [0, 0.05) is 26.2 Å². The van der Waals surface area contributed by atoms with Crippen LogP contribution < -0.4 is 0 Å². The van der Waals surface area contributed by atoms with Crippen molar-refractivity contribution in [3.8, 4) is 17.5 Å². The van der Waals surface area contributed by atoms with E-state index >= 15 is 0 Å². The molecule has 3 aromatic heterocycles. The van der Waals surface area contributed by atoms with Crippen LogP contribution in [-0.4, -0.2) is 68.4 Å². The molecule has 172 valence electrons. The summed E-state index contributed by atoms with van der Waals surface area (Å²) >= 11 is 1.32. The molecule has 0 saturated carbocycles. The number of fused-ring (bicyclic) bond motifs is 1. The van der Waals surface area contributed by atoms with E-state index in [0.29, 0.717) is 54.2 Å². The summed E-state index contributed by atoms with van der Waals surface area (Å²) < 4.78 is 25.5. The van der Waals surface area contributed by atoms with Gasteiger partial charge in [-0.05, 0) is 36.8 Å². The molecule has 1 saturated heterocycles. The maximum Gasteiger partial charge on any atom is 0.409 e. The van der Waals surface area contributed by atoms with E-state index in [1.165, 1.54) is 34.2 Å². The van der Waals surface area contributed by atoms with Gasteiger partial charge in [0.05, 0.1) is 23.8 Å². The number of hydrogen-bond donors (Lipinski definition) is 1. The molecule has 1 N–H and O–H groups in total. The molecule has 5 rings (SSSR count). The number of carbonyl (C=O) groups excluding carboxylic acids is 1. The quantitative estimate of drug-likeness (QED) is 0.473. The summed E-state index contributed by atoms with van der Waals surface area (Å²) in [5, 5.41) is 15.5. The first-order chi connectivity index (χ1) is 16.0. The van der Waals surface area contributed by atoms with Gasteiger partial charge in [0.25, 0.3) is 0 Å². The highest BCUT2D eigenvalue weighted by Gasteiger charge is 2.33. The third-order valence-electron chi connectivity index (χ3n) is 5.58. The molecule has 0 bridgehead atoms. The van der Waals surface area contributed by atoms with Crippen molar-refractivity contribution in [3.63, 3.8) is 0 Å². The highest BCUT2D eigenvalue weighted by atomic mass is 32.1. The van der Waals surface area contributed by atoms with Crippen molar-refractivity contribution in [1.82, 2.24) is 24.4 Å². The second-order valence-electron chi connectivity index (χ2n) is 7.57. The summed E-state index contributed by atoms with van der Waals surface area (Å²) in [5.41, 5.74) is 0.826. The highest BCUT2D eigenvalue weighted by Crippen LogP contribution is 2.40. The normalized spacial score (nSPS) is 15.8. The third-order valence-corrected chi connectivity index (χ3v) is 6.65. The van der Waals surface area contributed by atoms with Crippen LogP contribution in [0.5, 0.6) is 5.88 Å². The maximum absolute atomic E-state index is 13.6. The van der Waals surface area contributed by atoms with Gasteiger partial charge < -0.3 is 19.2 Å². The fraction of sp³-hybridized carbons (Fsp3) is 0.318. The van der Waals surface area contributed by atoms with Crippen LogP contribution in [0.4, 0.5) is 9.18 Å². The van der Waals surface area contributed by atoms with Crippen molar-refractivity contribution in [2.24, 2.45) is 0 Å². The third kappa shape index (κ3) is 4.05. The second kappa shape index (κ2) is 8.83. The number of ether oxygens (including phenoxy) is 1. The van der Waals surface area contributed by atoms with Crippen molar-refractivity contribution < 1.29 is 23.4 Å². The highest BCUT2D eigenvalue weighted by molar-refractivity contribution is 7.17. The zero-order valence-corrected chi connectivity index (χ0v) is 18.7. The summed E-state index contributed by atoms with van der Waals surface area (Å²) in [5.74, 6) is 0.536. The molecular formula is C22H22FN5O4S. The van der Waals surface area contributed by atoms with Gasteiger partial charge in [-0.2, -0.15) is 9.50 Å². The lowest BCUT2D eigenvalue weighted by molar-refractivity contribution is 0.0715. The molecule has 11 heteroatoms. The second-order valence-corrected chi connectivity index (χ2v) is 8.58. The minimum absolute atomic E-state index is 0.0255. The van der Waals surface area contributed by atoms with Crippen molar-refractivity contribution in [1.29, 1.82) is 0 Å². The van der Waals surface area contributed by atoms with E-state index in [0.717, 1.165) is 5.56 Å². The zero-order valence-electron chi connectivity index (χ0n) is 17.8. The Morgan fingerprint density at radius 3 is 2.64 bits per heavy atom. The van der Waals surface area contributed by atoms with Crippen molar-refractivity contribution >= 4 is 22.4 Å². The molecule has 9 nitrogen and oxygen atoms in total. The Morgan fingerprint density at radius 1 is 1.24 bits per heavy atom. The van der Waals surface area contributed by atoms with E-state index in [4.69, 9.17) is 9.15 Å². The zero-order chi connectivity index (χ0) is 22.9. The van der Waals surface area contributed by atoms with E-state index in [1.807, 2.05) is 0 Å². The predicted octanol–water partition coefficient (Wildman–Crippen LogP) is 3.76. The van der Waals surface area contributed by atoms with Crippen LogP contribution in [0.15, 0.2) is 47.1 Å². The number of thiazole rings is 1. The number of piperazine rings is 1. The van der Waals surface area contributed by atoms with Crippen molar-refractivity contribution in [3.05, 3.63) is 58.9 Å². The summed E-state index contributed by atoms with van der Waals surface area (Å²) in [6.45, 7) is 4.20. The van der Waals surface area contributed by atoms with E-state index < -0.39 is 0 Å². The van der Waals surface area contributed by atoms with Gasteiger partial charge in [-0.3, -0.25) is 4.90 Å². The van der Waals surface area contributed by atoms with Gasteiger partial charge in [-0.25, -0.2) is 9.18 Å². The Hall–Kier alpha value is -3.44. The summed E-state index contributed by atoms with van der Waals surface area (Å²) in [4.78, 5) is 21.6. The number of rotatable bonds is 5. The molecule has 1 atom stereocenters. The fourth-order valence-corrected chi connectivity index (χ4v) is 5.11. The molecule has 1 fully saturated rings. The van der Waals surface area contributed by atoms with Gasteiger partial charge in [0.2, 0.25) is 16.7 Å². The molecule has 1 aliphatic rings.